The van der Waals surface area contributed by atoms with Crippen molar-refractivity contribution in [2.75, 3.05) is 5.32 Å². The standard InChI is InChI=1S/C24H25FN2O/c1-23(2)11-17-20(18(28)12-23)24(3,15-7-5-4-6-8-15)21-19(14-9-10-14)16(25)13-26-22(21)27-17/h4-8,13-14H,9-12H2,1-3H3,(H,26,27)/t24-/m0/s1. The van der Waals surface area contributed by atoms with Gasteiger partial charge in [0.05, 0.1) is 11.6 Å². The van der Waals surface area contributed by atoms with Crippen molar-refractivity contribution in [3.8, 4) is 0 Å². The molecule has 0 amide bonds. The lowest BCUT2D eigenvalue weighted by atomic mass is 9.61. The Morgan fingerprint density at radius 1 is 1.11 bits per heavy atom. The van der Waals surface area contributed by atoms with Crippen LogP contribution in [0.15, 0.2) is 47.8 Å². The maximum absolute atomic E-state index is 15.0. The number of nitrogens with zero attached hydrogens (tertiary/aromatic N) is 1. The van der Waals surface area contributed by atoms with Crippen LogP contribution in [0, 0.1) is 11.2 Å². The molecule has 2 heterocycles. The van der Waals surface area contributed by atoms with Crippen LogP contribution in [0.25, 0.3) is 0 Å². The van der Waals surface area contributed by atoms with Crippen molar-refractivity contribution in [3.05, 3.63) is 70.3 Å². The third-order valence-electron chi connectivity index (χ3n) is 6.55. The normalized spacial score (nSPS) is 25.8. The highest BCUT2D eigenvalue weighted by atomic mass is 19.1. The molecule has 144 valence electrons. The predicted molar refractivity (Wildman–Crippen MR) is 108 cm³/mol. The minimum Gasteiger partial charge on any atom is -0.343 e. The number of rotatable bonds is 2. The fourth-order valence-electron chi connectivity index (χ4n) is 5.21. The molecule has 1 aromatic heterocycles. The van der Waals surface area contributed by atoms with E-state index in [0.29, 0.717) is 12.2 Å². The molecular weight excluding hydrogens is 351 g/mol. The van der Waals surface area contributed by atoms with Crippen molar-refractivity contribution in [1.29, 1.82) is 0 Å². The number of allylic oxidation sites excluding steroid dienone is 2. The van der Waals surface area contributed by atoms with Gasteiger partial charge >= 0.3 is 0 Å². The molecule has 3 nitrogen and oxygen atoms in total. The van der Waals surface area contributed by atoms with Gasteiger partial charge in [0.2, 0.25) is 0 Å². The highest BCUT2D eigenvalue weighted by Crippen LogP contribution is 2.56. The van der Waals surface area contributed by atoms with Crippen LogP contribution in [0.1, 0.15) is 69.1 Å². The average Bonchev–Trinajstić information content (AvgIpc) is 3.46. The summed E-state index contributed by atoms with van der Waals surface area (Å²) in [6, 6.07) is 10.1. The highest BCUT2D eigenvalue weighted by Gasteiger charge is 2.50. The van der Waals surface area contributed by atoms with Crippen molar-refractivity contribution in [2.24, 2.45) is 5.41 Å². The van der Waals surface area contributed by atoms with Gasteiger partial charge < -0.3 is 5.32 Å². The largest absolute Gasteiger partial charge is 0.343 e. The Balaban J connectivity index is 1.84. The van der Waals surface area contributed by atoms with Crippen LogP contribution in [-0.4, -0.2) is 10.8 Å². The number of pyridine rings is 1. The van der Waals surface area contributed by atoms with Crippen LogP contribution in [0.3, 0.4) is 0 Å². The third kappa shape index (κ3) is 2.47. The molecule has 1 N–H and O–H groups in total. The summed E-state index contributed by atoms with van der Waals surface area (Å²) in [6.07, 6.45) is 4.61. The zero-order valence-electron chi connectivity index (χ0n) is 16.6. The van der Waals surface area contributed by atoms with Gasteiger partial charge in [-0.05, 0) is 43.1 Å². The first-order valence-corrected chi connectivity index (χ1v) is 10.1. The summed E-state index contributed by atoms with van der Waals surface area (Å²) in [5, 5.41) is 3.44. The maximum Gasteiger partial charge on any atom is 0.162 e. The zero-order valence-corrected chi connectivity index (χ0v) is 16.6. The number of carbonyl (C=O) groups is 1. The van der Waals surface area contributed by atoms with E-state index in [0.717, 1.165) is 47.2 Å². The highest BCUT2D eigenvalue weighted by molar-refractivity contribution is 6.03. The predicted octanol–water partition coefficient (Wildman–Crippen LogP) is 5.47. The number of hydrogen-bond acceptors (Lipinski definition) is 3. The smallest absolute Gasteiger partial charge is 0.162 e. The van der Waals surface area contributed by atoms with Crippen LogP contribution in [-0.2, 0) is 10.2 Å². The van der Waals surface area contributed by atoms with Gasteiger partial charge in [0, 0.05) is 28.8 Å². The van der Waals surface area contributed by atoms with E-state index < -0.39 is 5.41 Å². The molecular formula is C24H25FN2O. The maximum atomic E-state index is 15.0. The van der Waals surface area contributed by atoms with Crippen molar-refractivity contribution < 1.29 is 9.18 Å². The fraction of sp³-hybridized carbons (Fsp3) is 0.417. The van der Waals surface area contributed by atoms with Crippen LogP contribution in [0.4, 0.5) is 10.2 Å². The summed E-state index contributed by atoms with van der Waals surface area (Å²) in [7, 11) is 0. The Labute approximate surface area is 165 Å². The lowest BCUT2D eigenvalue weighted by molar-refractivity contribution is -0.118. The second kappa shape index (κ2) is 5.76. The topological polar surface area (TPSA) is 42.0 Å². The van der Waals surface area contributed by atoms with E-state index in [1.807, 2.05) is 30.3 Å². The molecule has 0 saturated heterocycles. The molecule has 0 unspecified atom stereocenters. The molecule has 4 heteroatoms. The molecule has 2 aliphatic carbocycles. The molecule has 2 aromatic rings. The minimum absolute atomic E-state index is 0.0998. The summed E-state index contributed by atoms with van der Waals surface area (Å²) < 4.78 is 15.0. The first-order valence-electron chi connectivity index (χ1n) is 10.1. The number of halogens is 1. The van der Waals surface area contributed by atoms with Crippen molar-refractivity contribution in [2.45, 2.75) is 57.8 Å². The summed E-state index contributed by atoms with van der Waals surface area (Å²) in [4.78, 5) is 17.9. The lowest BCUT2D eigenvalue weighted by Gasteiger charge is -2.45. The van der Waals surface area contributed by atoms with Crippen LogP contribution < -0.4 is 5.32 Å². The van der Waals surface area contributed by atoms with Gasteiger partial charge in [0.25, 0.3) is 0 Å². The van der Waals surface area contributed by atoms with Crippen molar-refractivity contribution >= 4 is 11.6 Å². The summed E-state index contributed by atoms with van der Waals surface area (Å²) in [5.41, 5.74) is 3.56. The van der Waals surface area contributed by atoms with E-state index >= 15 is 0 Å². The monoisotopic (exact) mass is 376 g/mol. The average molecular weight is 376 g/mol. The van der Waals surface area contributed by atoms with Gasteiger partial charge in [0.15, 0.2) is 5.78 Å². The second-order valence-corrected chi connectivity index (χ2v) is 9.43. The molecule has 1 fully saturated rings. The summed E-state index contributed by atoms with van der Waals surface area (Å²) in [5.74, 6) is 0.831. The Bertz CT molecular complexity index is 1020. The van der Waals surface area contributed by atoms with Gasteiger partial charge in [-0.3, -0.25) is 4.79 Å². The van der Waals surface area contributed by atoms with Crippen molar-refractivity contribution in [1.82, 2.24) is 4.98 Å². The SMILES string of the molecule is CC1(C)CC(=O)C2=C(C1)Nc1ncc(F)c(C3CC3)c1[C@@]2(C)c1ccccc1. The lowest BCUT2D eigenvalue weighted by Crippen LogP contribution is -2.43. The van der Waals surface area contributed by atoms with E-state index in [1.54, 1.807) is 0 Å². The first kappa shape index (κ1) is 17.6. The van der Waals surface area contributed by atoms with E-state index in [2.05, 4.69) is 31.1 Å². The van der Waals surface area contributed by atoms with Gasteiger partial charge in [-0.15, -0.1) is 0 Å². The molecule has 5 rings (SSSR count). The van der Waals surface area contributed by atoms with Gasteiger partial charge in [0.1, 0.15) is 11.6 Å². The first-order chi connectivity index (χ1) is 13.3. The Hall–Kier alpha value is -2.49. The number of ketones is 1. The van der Waals surface area contributed by atoms with E-state index in [4.69, 9.17) is 0 Å². The van der Waals surface area contributed by atoms with Crippen LogP contribution in [0.2, 0.25) is 0 Å². The van der Waals surface area contributed by atoms with Crippen LogP contribution >= 0.6 is 0 Å². The molecule has 0 spiro atoms. The quantitative estimate of drug-likeness (QED) is 0.755. The molecule has 1 atom stereocenters. The second-order valence-electron chi connectivity index (χ2n) is 9.43. The van der Waals surface area contributed by atoms with E-state index in [1.165, 1.54) is 6.20 Å². The molecule has 1 aliphatic heterocycles. The van der Waals surface area contributed by atoms with E-state index in [9.17, 15) is 9.18 Å². The summed E-state index contributed by atoms with van der Waals surface area (Å²) in [6.45, 7) is 6.33. The van der Waals surface area contributed by atoms with Gasteiger partial charge in [-0.2, -0.15) is 0 Å². The number of fused-ring (bicyclic) bond motifs is 1. The molecule has 1 saturated carbocycles. The Morgan fingerprint density at radius 2 is 1.82 bits per heavy atom. The number of hydrogen-bond donors (Lipinski definition) is 1. The number of carbonyl (C=O) groups excluding carboxylic acids is 1. The van der Waals surface area contributed by atoms with Crippen molar-refractivity contribution in [3.63, 3.8) is 0 Å². The number of anilines is 1. The van der Waals surface area contributed by atoms with Crippen LogP contribution in [0.5, 0.6) is 0 Å². The number of Topliss-reactive ketones (excluding diaryl/α,β-unsaturated/α-hetero) is 1. The van der Waals surface area contributed by atoms with E-state index in [-0.39, 0.29) is 22.9 Å². The Kier molecular flexibility index (Phi) is 3.62. The molecule has 0 radical (unpaired) electrons. The molecule has 28 heavy (non-hydrogen) atoms. The molecule has 0 bridgehead atoms. The Morgan fingerprint density at radius 3 is 2.50 bits per heavy atom. The fourth-order valence-corrected chi connectivity index (χ4v) is 5.21. The zero-order chi connectivity index (χ0) is 19.7. The summed E-state index contributed by atoms with van der Waals surface area (Å²) >= 11 is 0. The van der Waals surface area contributed by atoms with Gasteiger partial charge in [-0.1, -0.05) is 44.2 Å². The third-order valence-corrected chi connectivity index (χ3v) is 6.55. The minimum atomic E-state index is -0.697. The molecule has 3 aliphatic rings. The number of benzene rings is 1. The number of aromatic nitrogens is 1. The number of nitrogens with one attached hydrogen (secondary N) is 1. The van der Waals surface area contributed by atoms with Gasteiger partial charge in [-0.25, -0.2) is 9.37 Å². The molecule has 1 aromatic carbocycles.